The zero-order valence-corrected chi connectivity index (χ0v) is 10.9. The van der Waals surface area contributed by atoms with Gasteiger partial charge < -0.3 is 9.64 Å². The van der Waals surface area contributed by atoms with Gasteiger partial charge in [-0.1, -0.05) is 11.6 Å². The van der Waals surface area contributed by atoms with Gasteiger partial charge in [-0.2, -0.15) is 5.10 Å². The van der Waals surface area contributed by atoms with Gasteiger partial charge >= 0.3 is 0 Å². The lowest BCUT2D eigenvalue weighted by Crippen LogP contribution is -2.29. The minimum absolute atomic E-state index is 0.445. The Morgan fingerprint density at radius 2 is 2.12 bits per heavy atom. The van der Waals surface area contributed by atoms with Gasteiger partial charge in [0.2, 0.25) is 0 Å². The fourth-order valence-corrected chi connectivity index (χ4v) is 2.24. The van der Waals surface area contributed by atoms with Crippen LogP contribution in [0.25, 0.3) is 0 Å². The van der Waals surface area contributed by atoms with E-state index in [0.29, 0.717) is 5.15 Å². The van der Waals surface area contributed by atoms with Gasteiger partial charge in [0.15, 0.2) is 5.15 Å². The van der Waals surface area contributed by atoms with E-state index >= 15 is 0 Å². The third kappa shape index (κ3) is 4.22. The molecular weight excluding hydrogens is 238 g/mol. The normalized spacial score (nSPS) is 17.6. The Balaban J connectivity index is 1.79. The van der Waals surface area contributed by atoms with Crippen molar-refractivity contribution in [2.75, 3.05) is 26.8 Å². The molecular formula is C12H18ClN3O. The van der Waals surface area contributed by atoms with Gasteiger partial charge in [0, 0.05) is 26.3 Å². The van der Waals surface area contributed by atoms with E-state index in [1.807, 2.05) is 6.07 Å². The number of rotatable bonds is 4. The molecule has 1 aromatic rings. The summed E-state index contributed by atoms with van der Waals surface area (Å²) in [6.45, 7) is 3.72. The highest BCUT2D eigenvalue weighted by atomic mass is 35.5. The molecule has 0 saturated carbocycles. The summed E-state index contributed by atoms with van der Waals surface area (Å²) < 4.78 is 5.36. The summed E-state index contributed by atoms with van der Waals surface area (Å²) >= 11 is 5.70. The van der Waals surface area contributed by atoms with Crippen LogP contribution < -0.4 is 0 Å². The SMILES string of the molecule is CN(Cc1ccc(Cl)nn1)CC1CCOCC1. The second-order valence-electron chi connectivity index (χ2n) is 4.60. The Morgan fingerprint density at radius 1 is 1.35 bits per heavy atom. The molecule has 1 aliphatic heterocycles. The topological polar surface area (TPSA) is 38.2 Å². The van der Waals surface area contributed by atoms with Crippen molar-refractivity contribution >= 4 is 11.6 Å². The van der Waals surface area contributed by atoms with Gasteiger partial charge in [-0.15, -0.1) is 5.10 Å². The maximum atomic E-state index is 5.70. The molecule has 0 spiro atoms. The largest absolute Gasteiger partial charge is 0.381 e. The summed E-state index contributed by atoms with van der Waals surface area (Å²) in [5.41, 5.74) is 0.962. The van der Waals surface area contributed by atoms with Crippen LogP contribution in [0.2, 0.25) is 5.15 Å². The summed E-state index contributed by atoms with van der Waals surface area (Å²) in [5.74, 6) is 0.744. The second-order valence-corrected chi connectivity index (χ2v) is 4.99. The van der Waals surface area contributed by atoms with Crippen molar-refractivity contribution in [2.45, 2.75) is 19.4 Å². The summed E-state index contributed by atoms with van der Waals surface area (Å²) in [4.78, 5) is 2.29. The zero-order valence-electron chi connectivity index (χ0n) is 10.1. The summed E-state index contributed by atoms with van der Waals surface area (Å²) in [7, 11) is 2.12. The average molecular weight is 256 g/mol. The van der Waals surface area contributed by atoms with Crippen LogP contribution in [-0.2, 0) is 11.3 Å². The average Bonchev–Trinajstić information content (AvgIpc) is 2.33. The summed E-state index contributed by atoms with van der Waals surface area (Å²) in [5, 5.41) is 8.36. The van der Waals surface area contributed by atoms with Crippen molar-refractivity contribution in [1.29, 1.82) is 0 Å². The molecule has 2 heterocycles. The van der Waals surface area contributed by atoms with E-state index in [-0.39, 0.29) is 0 Å². The fraction of sp³-hybridized carbons (Fsp3) is 0.667. The highest BCUT2D eigenvalue weighted by Crippen LogP contribution is 2.16. The first-order valence-electron chi connectivity index (χ1n) is 5.98. The Hall–Kier alpha value is -0.710. The molecule has 2 rings (SSSR count). The molecule has 0 atom stereocenters. The maximum absolute atomic E-state index is 5.70. The molecule has 1 fully saturated rings. The quantitative estimate of drug-likeness (QED) is 0.825. The van der Waals surface area contributed by atoms with Gasteiger partial charge in [-0.3, -0.25) is 0 Å². The number of aromatic nitrogens is 2. The molecule has 4 nitrogen and oxygen atoms in total. The van der Waals surface area contributed by atoms with E-state index in [9.17, 15) is 0 Å². The van der Waals surface area contributed by atoms with Crippen molar-refractivity contribution in [3.05, 3.63) is 23.0 Å². The fourth-order valence-electron chi connectivity index (χ4n) is 2.14. The summed E-state index contributed by atoms with van der Waals surface area (Å²) in [6, 6.07) is 3.71. The summed E-state index contributed by atoms with van der Waals surface area (Å²) in [6.07, 6.45) is 2.33. The number of hydrogen-bond donors (Lipinski definition) is 0. The second kappa shape index (κ2) is 6.28. The molecule has 0 radical (unpaired) electrons. The van der Waals surface area contributed by atoms with E-state index in [1.54, 1.807) is 6.07 Å². The molecule has 0 amide bonds. The van der Waals surface area contributed by atoms with E-state index < -0.39 is 0 Å². The molecule has 5 heteroatoms. The first-order valence-corrected chi connectivity index (χ1v) is 6.36. The first-order chi connectivity index (χ1) is 8.24. The van der Waals surface area contributed by atoms with Crippen LogP contribution in [0.4, 0.5) is 0 Å². The standard InChI is InChI=1S/C12H18ClN3O/c1-16(8-10-4-6-17-7-5-10)9-11-2-3-12(13)15-14-11/h2-3,10H,4-9H2,1H3. The molecule has 1 aliphatic rings. The van der Waals surface area contributed by atoms with Gasteiger partial charge in [0.25, 0.3) is 0 Å². The molecule has 1 aromatic heterocycles. The predicted molar refractivity (Wildman–Crippen MR) is 66.9 cm³/mol. The maximum Gasteiger partial charge on any atom is 0.151 e. The van der Waals surface area contributed by atoms with E-state index in [1.165, 1.54) is 0 Å². The van der Waals surface area contributed by atoms with Crippen LogP contribution in [0.1, 0.15) is 18.5 Å². The van der Waals surface area contributed by atoms with E-state index in [2.05, 4.69) is 22.1 Å². The van der Waals surface area contributed by atoms with Gasteiger partial charge in [-0.05, 0) is 37.9 Å². The lowest BCUT2D eigenvalue weighted by atomic mass is 10.00. The smallest absolute Gasteiger partial charge is 0.151 e. The van der Waals surface area contributed by atoms with Crippen LogP contribution in [0.3, 0.4) is 0 Å². The van der Waals surface area contributed by atoms with Crippen molar-refractivity contribution in [2.24, 2.45) is 5.92 Å². The monoisotopic (exact) mass is 255 g/mol. The van der Waals surface area contributed by atoms with Gasteiger partial charge in [0.1, 0.15) is 0 Å². The Bertz CT molecular complexity index is 338. The molecule has 0 aliphatic carbocycles. The van der Waals surface area contributed by atoms with Crippen LogP contribution >= 0.6 is 11.6 Å². The molecule has 94 valence electrons. The highest BCUT2D eigenvalue weighted by Gasteiger charge is 2.15. The van der Waals surface area contributed by atoms with Crippen LogP contribution in [0.5, 0.6) is 0 Å². The van der Waals surface area contributed by atoms with Crippen LogP contribution in [0, 0.1) is 5.92 Å². The Labute approximate surface area is 107 Å². The predicted octanol–water partition coefficient (Wildman–Crippen LogP) is 1.99. The third-order valence-electron chi connectivity index (χ3n) is 3.03. The number of hydrogen-bond acceptors (Lipinski definition) is 4. The van der Waals surface area contributed by atoms with Crippen molar-refractivity contribution < 1.29 is 4.74 Å². The molecule has 0 aromatic carbocycles. The van der Waals surface area contributed by atoms with Crippen molar-refractivity contribution in [3.63, 3.8) is 0 Å². The minimum Gasteiger partial charge on any atom is -0.381 e. The zero-order chi connectivity index (χ0) is 12.1. The molecule has 1 saturated heterocycles. The Morgan fingerprint density at radius 3 is 2.76 bits per heavy atom. The molecule has 0 N–H and O–H groups in total. The van der Waals surface area contributed by atoms with Crippen LogP contribution in [-0.4, -0.2) is 41.9 Å². The molecule has 0 unspecified atom stereocenters. The number of ether oxygens (including phenoxy) is 1. The third-order valence-corrected chi connectivity index (χ3v) is 3.23. The van der Waals surface area contributed by atoms with Crippen LogP contribution in [0.15, 0.2) is 12.1 Å². The number of nitrogens with zero attached hydrogens (tertiary/aromatic N) is 3. The number of halogens is 1. The van der Waals surface area contributed by atoms with Crippen molar-refractivity contribution in [1.82, 2.24) is 15.1 Å². The Kier molecular flexibility index (Phi) is 4.71. The van der Waals surface area contributed by atoms with E-state index in [0.717, 1.165) is 50.8 Å². The molecule has 17 heavy (non-hydrogen) atoms. The van der Waals surface area contributed by atoms with Crippen molar-refractivity contribution in [3.8, 4) is 0 Å². The highest BCUT2D eigenvalue weighted by molar-refractivity contribution is 6.29. The van der Waals surface area contributed by atoms with Gasteiger partial charge in [-0.25, -0.2) is 0 Å². The first kappa shape index (κ1) is 12.7. The minimum atomic E-state index is 0.445. The van der Waals surface area contributed by atoms with E-state index in [4.69, 9.17) is 16.3 Å². The van der Waals surface area contributed by atoms with Gasteiger partial charge in [0.05, 0.1) is 5.69 Å². The molecule has 0 bridgehead atoms. The lowest BCUT2D eigenvalue weighted by molar-refractivity contribution is 0.0548. The lowest BCUT2D eigenvalue weighted by Gasteiger charge is -2.26.